The van der Waals surface area contributed by atoms with Crippen LogP contribution in [-0.4, -0.2) is 43.8 Å². The summed E-state index contributed by atoms with van der Waals surface area (Å²) in [5.41, 5.74) is 0.954. The lowest BCUT2D eigenvalue weighted by Gasteiger charge is -2.33. The molecule has 0 spiro atoms. The molecule has 9 heteroatoms. The summed E-state index contributed by atoms with van der Waals surface area (Å²) < 4.78 is 42.0. The zero-order valence-electron chi connectivity index (χ0n) is 22.0. The van der Waals surface area contributed by atoms with Crippen LogP contribution in [0.3, 0.4) is 0 Å². The molecular formula is C30H34FN3O4S. The summed E-state index contributed by atoms with van der Waals surface area (Å²) in [6.45, 7) is 1.23. The van der Waals surface area contributed by atoms with Crippen molar-refractivity contribution in [3.63, 3.8) is 0 Å². The molecule has 1 fully saturated rings. The van der Waals surface area contributed by atoms with Crippen LogP contribution in [0.4, 0.5) is 10.1 Å². The van der Waals surface area contributed by atoms with E-state index in [1.165, 1.54) is 29.2 Å². The summed E-state index contributed by atoms with van der Waals surface area (Å²) in [5, 5.41) is 3.08. The van der Waals surface area contributed by atoms with E-state index in [1.807, 2.05) is 30.3 Å². The minimum Gasteiger partial charge on any atom is -0.352 e. The van der Waals surface area contributed by atoms with Crippen LogP contribution in [0.15, 0.2) is 89.8 Å². The molecule has 0 aromatic heterocycles. The van der Waals surface area contributed by atoms with Gasteiger partial charge in [-0.1, -0.05) is 67.8 Å². The quantitative estimate of drug-likeness (QED) is 0.389. The van der Waals surface area contributed by atoms with Gasteiger partial charge in [-0.2, -0.15) is 0 Å². The molecule has 0 bridgehead atoms. The topological polar surface area (TPSA) is 86.8 Å². The predicted octanol–water partition coefficient (Wildman–Crippen LogP) is 4.89. The molecule has 3 aromatic rings. The van der Waals surface area contributed by atoms with Crippen LogP contribution in [0.25, 0.3) is 0 Å². The lowest BCUT2D eigenvalue weighted by atomic mass is 9.95. The van der Waals surface area contributed by atoms with Crippen molar-refractivity contribution in [1.82, 2.24) is 10.2 Å². The Balaban J connectivity index is 1.64. The van der Waals surface area contributed by atoms with Crippen LogP contribution in [0.2, 0.25) is 0 Å². The molecule has 2 amide bonds. The normalized spacial score (nSPS) is 14.8. The molecule has 0 heterocycles. The van der Waals surface area contributed by atoms with Gasteiger partial charge in [0.25, 0.3) is 10.0 Å². The number of benzene rings is 3. The van der Waals surface area contributed by atoms with E-state index in [0.717, 1.165) is 54.1 Å². The number of amides is 2. The maximum atomic E-state index is 13.9. The van der Waals surface area contributed by atoms with Crippen LogP contribution in [0, 0.1) is 5.82 Å². The molecule has 1 unspecified atom stereocenters. The van der Waals surface area contributed by atoms with Gasteiger partial charge < -0.3 is 10.2 Å². The third kappa shape index (κ3) is 7.23. The average Bonchev–Trinajstić information content (AvgIpc) is 2.96. The van der Waals surface area contributed by atoms with Gasteiger partial charge in [0.2, 0.25) is 11.8 Å². The largest absolute Gasteiger partial charge is 0.352 e. The maximum Gasteiger partial charge on any atom is 0.264 e. The molecule has 4 rings (SSSR count). The molecule has 1 saturated carbocycles. The number of sulfonamides is 1. The summed E-state index contributed by atoms with van der Waals surface area (Å²) in [4.78, 5) is 28.6. The van der Waals surface area contributed by atoms with E-state index in [2.05, 4.69) is 5.32 Å². The number of halogens is 1. The van der Waals surface area contributed by atoms with Crippen molar-refractivity contribution >= 4 is 27.5 Å². The molecule has 39 heavy (non-hydrogen) atoms. The zero-order chi connectivity index (χ0) is 27.8. The van der Waals surface area contributed by atoms with Gasteiger partial charge in [0.15, 0.2) is 0 Å². The van der Waals surface area contributed by atoms with Crippen molar-refractivity contribution in [3.8, 4) is 0 Å². The smallest absolute Gasteiger partial charge is 0.264 e. The summed E-state index contributed by atoms with van der Waals surface area (Å²) in [7, 11) is -4.17. The highest BCUT2D eigenvalue weighted by molar-refractivity contribution is 7.92. The summed E-state index contributed by atoms with van der Waals surface area (Å²) in [6, 6.07) is 21.2. The van der Waals surface area contributed by atoms with E-state index < -0.39 is 34.3 Å². The van der Waals surface area contributed by atoms with Gasteiger partial charge in [-0.25, -0.2) is 12.8 Å². The first kappa shape index (κ1) is 28.3. The van der Waals surface area contributed by atoms with E-state index in [4.69, 9.17) is 0 Å². The van der Waals surface area contributed by atoms with Gasteiger partial charge in [-0.15, -0.1) is 0 Å². The average molecular weight is 552 g/mol. The van der Waals surface area contributed by atoms with Crippen molar-refractivity contribution in [1.29, 1.82) is 0 Å². The molecule has 1 aliphatic carbocycles. The van der Waals surface area contributed by atoms with Gasteiger partial charge in [-0.05, 0) is 61.7 Å². The van der Waals surface area contributed by atoms with Crippen LogP contribution >= 0.6 is 0 Å². The van der Waals surface area contributed by atoms with Crippen molar-refractivity contribution < 1.29 is 22.4 Å². The minimum absolute atomic E-state index is 0.000163. The monoisotopic (exact) mass is 551 g/mol. The fourth-order valence-corrected chi connectivity index (χ4v) is 6.22. The first-order valence-corrected chi connectivity index (χ1v) is 14.7. The number of carbonyl (C=O) groups excluding carboxylic acids is 2. The zero-order valence-corrected chi connectivity index (χ0v) is 22.8. The number of nitrogens with one attached hydrogen (secondary N) is 1. The van der Waals surface area contributed by atoms with Gasteiger partial charge in [0.05, 0.1) is 10.6 Å². The molecule has 3 aromatic carbocycles. The highest BCUT2D eigenvalue weighted by Gasteiger charge is 2.33. The Morgan fingerprint density at radius 2 is 1.49 bits per heavy atom. The molecule has 0 saturated heterocycles. The Kier molecular flexibility index (Phi) is 9.35. The second kappa shape index (κ2) is 12.9. The molecule has 1 atom stereocenters. The standard InChI is InChI=1S/C30H34FN3O4S/c1-23(30(36)32-26-13-7-3-8-14-26)33(21-24-11-5-2-6-12-24)29(35)22-34(27-19-17-25(31)18-20-27)39(37,38)28-15-9-4-10-16-28/h2,4-6,9-12,15-20,23,26H,3,7-8,13-14,21-22H2,1H3,(H,32,36). The predicted molar refractivity (Wildman–Crippen MR) is 149 cm³/mol. The fourth-order valence-electron chi connectivity index (χ4n) is 4.79. The van der Waals surface area contributed by atoms with Gasteiger partial charge in [0.1, 0.15) is 18.4 Å². The second-order valence-corrected chi connectivity index (χ2v) is 11.7. The molecule has 0 radical (unpaired) electrons. The van der Waals surface area contributed by atoms with E-state index >= 15 is 0 Å². The number of nitrogens with zero attached hydrogens (tertiary/aromatic N) is 2. The number of anilines is 1. The number of hydrogen-bond acceptors (Lipinski definition) is 4. The third-order valence-electron chi connectivity index (χ3n) is 7.04. The van der Waals surface area contributed by atoms with Crippen LogP contribution in [0.5, 0.6) is 0 Å². The summed E-state index contributed by atoms with van der Waals surface area (Å²) in [6.07, 6.45) is 5.05. The summed E-state index contributed by atoms with van der Waals surface area (Å²) in [5.74, 6) is -1.35. The van der Waals surface area contributed by atoms with Crippen molar-refractivity contribution in [2.24, 2.45) is 0 Å². The number of rotatable bonds is 10. The van der Waals surface area contributed by atoms with Gasteiger partial charge >= 0.3 is 0 Å². The van der Waals surface area contributed by atoms with E-state index in [-0.39, 0.29) is 29.1 Å². The van der Waals surface area contributed by atoms with E-state index in [0.29, 0.717) is 0 Å². The first-order chi connectivity index (χ1) is 18.8. The summed E-state index contributed by atoms with van der Waals surface area (Å²) >= 11 is 0. The van der Waals surface area contributed by atoms with Crippen molar-refractivity contribution in [2.75, 3.05) is 10.8 Å². The molecule has 1 aliphatic rings. The lowest BCUT2D eigenvalue weighted by molar-refractivity contribution is -0.139. The SMILES string of the molecule is CC(C(=O)NC1CCCCC1)N(Cc1ccccc1)C(=O)CN(c1ccc(F)cc1)S(=O)(=O)c1ccccc1. The highest BCUT2D eigenvalue weighted by atomic mass is 32.2. The fraction of sp³-hybridized carbons (Fsp3) is 0.333. The minimum atomic E-state index is -4.17. The van der Waals surface area contributed by atoms with Crippen LogP contribution < -0.4 is 9.62 Å². The van der Waals surface area contributed by atoms with Gasteiger partial charge in [-0.3, -0.25) is 13.9 Å². The highest BCUT2D eigenvalue weighted by Crippen LogP contribution is 2.25. The lowest BCUT2D eigenvalue weighted by Crippen LogP contribution is -2.53. The maximum absolute atomic E-state index is 13.9. The van der Waals surface area contributed by atoms with Gasteiger partial charge in [0, 0.05) is 12.6 Å². The van der Waals surface area contributed by atoms with Crippen LogP contribution in [0.1, 0.15) is 44.6 Å². The number of hydrogen-bond donors (Lipinski definition) is 1. The first-order valence-electron chi connectivity index (χ1n) is 13.2. The molecule has 7 nitrogen and oxygen atoms in total. The number of carbonyl (C=O) groups is 2. The Hall–Kier alpha value is -3.72. The second-order valence-electron chi connectivity index (χ2n) is 9.83. The molecule has 1 N–H and O–H groups in total. The molecular weight excluding hydrogens is 517 g/mol. The van der Waals surface area contributed by atoms with E-state index in [9.17, 15) is 22.4 Å². The van der Waals surface area contributed by atoms with Crippen LogP contribution in [-0.2, 0) is 26.2 Å². The molecule has 0 aliphatic heterocycles. The Morgan fingerprint density at radius 1 is 0.897 bits per heavy atom. The Bertz CT molecular complexity index is 1350. The third-order valence-corrected chi connectivity index (χ3v) is 8.83. The van der Waals surface area contributed by atoms with Crippen molar-refractivity contribution in [2.45, 2.75) is 62.6 Å². The molecule has 206 valence electrons. The van der Waals surface area contributed by atoms with E-state index in [1.54, 1.807) is 25.1 Å². The van der Waals surface area contributed by atoms with Crippen molar-refractivity contribution in [3.05, 3.63) is 96.3 Å². The Morgan fingerprint density at radius 3 is 2.10 bits per heavy atom. The Labute approximate surface area is 229 Å².